The standard InChI is InChI=1S/C19H27NO3/c21-17(15-4-5-18-19(12-15)23-11-10-22-18)7-9-20-8-6-14-2-1-3-16(14)13-20/h4-5,12,14,16-17,21H,1-3,6-11,13H2. The Bertz CT molecular complexity index is 547. The van der Waals surface area contributed by atoms with Crippen LogP contribution in [0.25, 0.3) is 0 Å². The fourth-order valence-electron chi connectivity index (χ4n) is 4.45. The third-order valence-corrected chi connectivity index (χ3v) is 5.80. The molecule has 126 valence electrons. The van der Waals surface area contributed by atoms with E-state index in [1.165, 1.54) is 38.8 Å². The number of aliphatic hydroxyl groups excluding tert-OH is 1. The number of fused-ring (bicyclic) bond motifs is 2. The summed E-state index contributed by atoms with van der Waals surface area (Å²) in [6.07, 6.45) is 5.99. The van der Waals surface area contributed by atoms with E-state index in [-0.39, 0.29) is 0 Å². The summed E-state index contributed by atoms with van der Waals surface area (Å²) < 4.78 is 11.1. The van der Waals surface area contributed by atoms with E-state index in [1.54, 1.807) is 0 Å². The normalized spacial score (nSPS) is 28.4. The fraction of sp³-hybridized carbons (Fsp3) is 0.684. The average molecular weight is 317 g/mol. The molecule has 1 aromatic carbocycles. The number of likely N-dealkylation sites (tertiary alicyclic amines) is 1. The maximum absolute atomic E-state index is 10.5. The van der Waals surface area contributed by atoms with Gasteiger partial charge in [0.1, 0.15) is 13.2 Å². The van der Waals surface area contributed by atoms with Gasteiger partial charge in [-0.15, -0.1) is 0 Å². The van der Waals surface area contributed by atoms with Gasteiger partial charge in [0.2, 0.25) is 0 Å². The van der Waals surface area contributed by atoms with Gasteiger partial charge in [-0.1, -0.05) is 18.9 Å². The molecule has 2 aliphatic heterocycles. The zero-order valence-corrected chi connectivity index (χ0v) is 13.7. The van der Waals surface area contributed by atoms with Gasteiger partial charge in [0.15, 0.2) is 11.5 Å². The molecule has 4 rings (SSSR count). The molecule has 1 aromatic rings. The molecule has 0 aromatic heterocycles. The largest absolute Gasteiger partial charge is 0.486 e. The van der Waals surface area contributed by atoms with Crippen LogP contribution in [-0.4, -0.2) is 42.9 Å². The molecule has 1 saturated carbocycles. The maximum atomic E-state index is 10.5. The Balaban J connectivity index is 1.32. The topological polar surface area (TPSA) is 41.9 Å². The van der Waals surface area contributed by atoms with Gasteiger partial charge in [-0.3, -0.25) is 0 Å². The lowest BCUT2D eigenvalue weighted by Gasteiger charge is -2.35. The molecule has 3 atom stereocenters. The number of benzene rings is 1. The van der Waals surface area contributed by atoms with Crippen molar-refractivity contribution >= 4 is 0 Å². The number of nitrogens with zero attached hydrogens (tertiary/aromatic N) is 1. The quantitative estimate of drug-likeness (QED) is 0.927. The van der Waals surface area contributed by atoms with Crippen LogP contribution in [0.5, 0.6) is 11.5 Å². The van der Waals surface area contributed by atoms with Gasteiger partial charge >= 0.3 is 0 Å². The molecule has 0 radical (unpaired) electrons. The summed E-state index contributed by atoms with van der Waals surface area (Å²) in [6.45, 7) is 4.61. The number of hydrogen-bond acceptors (Lipinski definition) is 4. The summed E-state index contributed by atoms with van der Waals surface area (Å²) in [4.78, 5) is 2.55. The number of ether oxygens (including phenoxy) is 2. The van der Waals surface area contributed by atoms with Crippen molar-refractivity contribution in [2.45, 2.75) is 38.2 Å². The monoisotopic (exact) mass is 317 g/mol. The maximum Gasteiger partial charge on any atom is 0.161 e. The molecule has 4 heteroatoms. The lowest BCUT2D eigenvalue weighted by atomic mass is 9.88. The van der Waals surface area contributed by atoms with Crippen LogP contribution in [0, 0.1) is 11.8 Å². The van der Waals surface area contributed by atoms with Crippen molar-refractivity contribution in [3.05, 3.63) is 23.8 Å². The van der Waals surface area contributed by atoms with Gasteiger partial charge in [0.05, 0.1) is 6.10 Å². The van der Waals surface area contributed by atoms with Crippen molar-refractivity contribution in [1.82, 2.24) is 4.90 Å². The third kappa shape index (κ3) is 3.33. The first-order chi connectivity index (χ1) is 11.3. The first kappa shape index (κ1) is 15.3. The summed E-state index contributed by atoms with van der Waals surface area (Å²) in [7, 11) is 0. The summed E-state index contributed by atoms with van der Waals surface area (Å²) in [6, 6.07) is 5.81. The molecular formula is C19H27NO3. The average Bonchev–Trinajstić information content (AvgIpc) is 3.07. The third-order valence-electron chi connectivity index (χ3n) is 5.80. The van der Waals surface area contributed by atoms with Crippen LogP contribution in [0.4, 0.5) is 0 Å². The molecule has 1 N–H and O–H groups in total. The second kappa shape index (κ2) is 6.70. The summed E-state index contributed by atoms with van der Waals surface area (Å²) in [5.41, 5.74) is 0.935. The molecule has 23 heavy (non-hydrogen) atoms. The Morgan fingerprint density at radius 1 is 1.09 bits per heavy atom. The van der Waals surface area contributed by atoms with Gasteiger partial charge < -0.3 is 19.5 Å². The van der Waals surface area contributed by atoms with Crippen molar-refractivity contribution < 1.29 is 14.6 Å². The Hall–Kier alpha value is -1.26. The number of rotatable bonds is 4. The van der Waals surface area contributed by atoms with Crippen LogP contribution in [0.2, 0.25) is 0 Å². The molecule has 0 spiro atoms. The minimum atomic E-state index is -0.424. The summed E-state index contributed by atoms with van der Waals surface area (Å²) >= 11 is 0. The van der Waals surface area contributed by atoms with Crippen molar-refractivity contribution in [3.63, 3.8) is 0 Å². The Labute approximate surface area is 138 Å². The van der Waals surface area contributed by atoms with Crippen LogP contribution in [0.1, 0.15) is 43.8 Å². The SMILES string of the molecule is OC(CCN1CCC2CCCC2C1)c1ccc2c(c1)OCCO2. The predicted octanol–water partition coefficient (Wildman–Crippen LogP) is 3.00. The van der Waals surface area contributed by atoms with Crippen LogP contribution >= 0.6 is 0 Å². The van der Waals surface area contributed by atoms with Gasteiger partial charge in [-0.05, 0) is 55.3 Å². The van der Waals surface area contributed by atoms with Crippen LogP contribution < -0.4 is 9.47 Å². The zero-order chi connectivity index (χ0) is 15.6. The minimum Gasteiger partial charge on any atom is -0.486 e. The molecular weight excluding hydrogens is 290 g/mol. The molecule has 0 amide bonds. The van der Waals surface area contributed by atoms with Crippen LogP contribution in [0.3, 0.4) is 0 Å². The van der Waals surface area contributed by atoms with E-state index in [0.29, 0.717) is 13.2 Å². The highest BCUT2D eigenvalue weighted by Gasteiger charge is 2.32. The predicted molar refractivity (Wildman–Crippen MR) is 88.9 cm³/mol. The molecule has 2 fully saturated rings. The van der Waals surface area contributed by atoms with E-state index >= 15 is 0 Å². The van der Waals surface area contributed by atoms with E-state index in [1.807, 2.05) is 18.2 Å². The van der Waals surface area contributed by atoms with Gasteiger partial charge in [0, 0.05) is 13.1 Å². The minimum absolute atomic E-state index is 0.424. The van der Waals surface area contributed by atoms with E-state index in [0.717, 1.165) is 41.9 Å². The second-order valence-electron chi connectivity index (χ2n) is 7.25. The number of piperidine rings is 1. The van der Waals surface area contributed by atoms with Crippen molar-refractivity contribution in [3.8, 4) is 11.5 Å². The van der Waals surface area contributed by atoms with E-state index in [2.05, 4.69) is 4.90 Å². The first-order valence-corrected chi connectivity index (χ1v) is 9.09. The van der Waals surface area contributed by atoms with E-state index in [4.69, 9.17) is 9.47 Å². The highest BCUT2D eigenvalue weighted by atomic mass is 16.6. The summed E-state index contributed by atoms with van der Waals surface area (Å²) in [5.74, 6) is 3.44. The van der Waals surface area contributed by atoms with E-state index in [9.17, 15) is 5.11 Å². The van der Waals surface area contributed by atoms with Crippen molar-refractivity contribution in [2.24, 2.45) is 11.8 Å². The molecule has 4 nitrogen and oxygen atoms in total. The van der Waals surface area contributed by atoms with Crippen LogP contribution in [0.15, 0.2) is 18.2 Å². The summed E-state index contributed by atoms with van der Waals surface area (Å²) in [5, 5.41) is 10.5. The second-order valence-corrected chi connectivity index (χ2v) is 7.25. The Morgan fingerprint density at radius 2 is 1.91 bits per heavy atom. The highest BCUT2D eigenvalue weighted by Crippen LogP contribution is 2.38. The van der Waals surface area contributed by atoms with Crippen molar-refractivity contribution in [2.75, 3.05) is 32.8 Å². The lowest BCUT2D eigenvalue weighted by molar-refractivity contribution is 0.102. The lowest BCUT2D eigenvalue weighted by Crippen LogP contribution is -2.39. The molecule has 1 saturated heterocycles. The van der Waals surface area contributed by atoms with Gasteiger partial charge in [-0.2, -0.15) is 0 Å². The molecule has 1 aliphatic carbocycles. The smallest absolute Gasteiger partial charge is 0.161 e. The first-order valence-electron chi connectivity index (χ1n) is 9.09. The number of hydrogen-bond donors (Lipinski definition) is 1. The number of aliphatic hydroxyl groups is 1. The zero-order valence-electron chi connectivity index (χ0n) is 13.7. The van der Waals surface area contributed by atoms with Gasteiger partial charge in [0.25, 0.3) is 0 Å². The Morgan fingerprint density at radius 3 is 2.83 bits per heavy atom. The van der Waals surface area contributed by atoms with Gasteiger partial charge in [-0.25, -0.2) is 0 Å². The fourth-order valence-corrected chi connectivity index (χ4v) is 4.45. The molecule has 3 unspecified atom stereocenters. The molecule has 2 heterocycles. The van der Waals surface area contributed by atoms with Crippen molar-refractivity contribution in [1.29, 1.82) is 0 Å². The van der Waals surface area contributed by atoms with E-state index < -0.39 is 6.10 Å². The molecule has 0 bridgehead atoms. The molecule has 3 aliphatic rings. The highest BCUT2D eigenvalue weighted by molar-refractivity contribution is 5.44. The van der Waals surface area contributed by atoms with Crippen LogP contribution in [-0.2, 0) is 0 Å². The Kier molecular flexibility index (Phi) is 4.45.